The predicted octanol–water partition coefficient (Wildman–Crippen LogP) is 3.14. The van der Waals surface area contributed by atoms with Gasteiger partial charge in [-0.1, -0.05) is 12.8 Å². The number of anilines is 1. The lowest BCUT2D eigenvalue weighted by molar-refractivity contribution is -0.121. The second-order valence-electron chi connectivity index (χ2n) is 7.85. The molecule has 1 saturated heterocycles. The van der Waals surface area contributed by atoms with Gasteiger partial charge in [0.25, 0.3) is 0 Å². The van der Waals surface area contributed by atoms with Crippen LogP contribution < -0.4 is 5.32 Å². The fourth-order valence-electron chi connectivity index (χ4n) is 4.49. The zero-order chi connectivity index (χ0) is 18.8. The van der Waals surface area contributed by atoms with Gasteiger partial charge in [0, 0.05) is 24.8 Å². The van der Waals surface area contributed by atoms with Crippen LogP contribution in [0.1, 0.15) is 62.4 Å². The van der Waals surface area contributed by atoms with Crippen LogP contribution in [0.5, 0.6) is 0 Å². The van der Waals surface area contributed by atoms with Crippen molar-refractivity contribution in [1.29, 1.82) is 5.26 Å². The molecule has 1 amide bonds. The summed E-state index contributed by atoms with van der Waals surface area (Å²) < 4.78 is 7.94. The average molecular weight is 358 g/mol. The van der Waals surface area contributed by atoms with Crippen molar-refractivity contribution in [1.82, 2.24) is 9.47 Å². The first-order valence-electron chi connectivity index (χ1n) is 9.69. The van der Waals surface area contributed by atoms with Crippen molar-refractivity contribution in [3.63, 3.8) is 0 Å². The molecule has 2 unspecified atom stereocenters. The highest BCUT2D eigenvalue weighted by Gasteiger charge is 2.28. The van der Waals surface area contributed by atoms with Crippen molar-refractivity contribution >= 4 is 11.7 Å². The number of hydrogen-bond donors (Lipinski definition) is 1. The molecular formula is C20H30N4O2. The summed E-state index contributed by atoms with van der Waals surface area (Å²) in [6.45, 7) is 9.93. The molecule has 1 saturated carbocycles. The summed E-state index contributed by atoms with van der Waals surface area (Å²) in [7, 11) is 0. The van der Waals surface area contributed by atoms with Gasteiger partial charge in [-0.2, -0.15) is 5.26 Å². The first kappa shape index (κ1) is 18.9. The second-order valence-corrected chi connectivity index (χ2v) is 7.85. The molecule has 2 aliphatic rings. The standard InChI is InChI=1S/C20H30N4O2/c1-13-10-23(11-14(2)26-13)12-19(25)22-20-18(9-21)15(3)16(4)24(20)17-7-5-6-8-17/h13-14,17H,5-8,10-12H2,1-4H3,(H,22,25). The van der Waals surface area contributed by atoms with E-state index < -0.39 is 0 Å². The molecule has 26 heavy (non-hydrogen) atoms. The van der Waals surface area contributed by atoms with E-state index >= 15 is 0 Å². The zero-order valence-corrected chi connectivity index (χ0v) is 16.3. The predicted molar refractivity (Wildman–Crippen MR) is 101 cm³/mol. The summed E-state index contributed by atoms with van der Waals surface area (Å²) in [4.78, 5) is 14.9. The third-order valence-corrected chi connectivity index (χ3v) is 5.68. The SMILES string of the molecule is Cc1c(C#N)c(NC(=O)CN2CC(C)OC(C)C2)n(C2CCCC2)c1C. The molecule has 1 aliphatic carbocycles. The number of nitrogens with zero attached hydrogens (tertiary/aromatic N) is 3. The maximum atomic E-state index is 12.7. The largest absolute Gasteiger partial charge is 0.373 e. The third kappa shape index (κ3) is 3.79. The number of amides is 1. The zero-order valence-electron chi connectivity index (χ0n) is 16.3. The third-order valence-electron chi connectivity index (χ3n) is 5.68. The van der Waals surface area contributed by atoms with E-state index in [-0.39, 0.29) is 18.1 Å². The van der Waals surface area contributed by atoms with Crippen molar-refractivity contribution in [2.24, 2.45) is 0 Å². The first-order valence-corrected chi connectivity index (χ1v) is 9.69. The molecule has 0 spiro atoms. The van der Waals surface area contributed by atoms with E-state index in [0.29, 0.717) is 24.0 Å². The lowest BCUT2D eigenvalue weighted by Crippen LogP contribution is -2.48. The monoisotopic (exact) mass is 358 g/mol. The van der Waals surface area contributed by atoms with E-state index in [1.165, 1.54) is 12.8 Å². The number of carbonyl (C=O) groups excluding carboxylic acids is 1. The molecule has 2 heterocycles. The number of nitrogens with one attached hydrogen (secondary N) is 1. The van der Waals surface area contributed by atoms with Crippen molar-refractivity contribution in [2.45, 2.75) is 71.6 Å². The van der Waals surface area contributed by atoms with Crippen LogP contribution in [-0.2, 0) is 9.53 Å². The van der Waals surface area contributed by atoms with Crippen LogP contribution in [0.4, 0.5) is 5.82 Å². The molecule has 0 radical (unpaired) electrons. The van der Waals surface area contributed by atoms with Crippen LogP contribution >= 0.6 is 0 Å². The van der Waals surface area contributed by atoms with Gasteiger partial charge in [-0.3, -0.25) is 9.69 Å². The molecule has 1 aromatic heterocycles. The van der Waals surface area contributed by atoms with Gasteiger partial charge in [-0.05, 0) is 46.1 Å². The first-order chi connectivity index (χ1) is 12.4. The van der Waals surface area contributed by atoms with Gasteiger partial charge in [0.1, 0.15) is 11.9 Å². The molecule has 1 aliphatic heterocycles. The lowest BCUT2D eigenvalue weighted by Gasteiger charge is -2.34. The van der Waals surface area contributed by atoms with Crippen LogP contribution in [0.2, 0.25) is 0 Å². The Labute approximate surface area is 156 Å². The van der Waals surface area contributed by atoms with Gasteiger partial charge in [0.15, 0.2) is 0 Å². The number of carbonyl (C=O) groups is 1. The van der Waals surface area contributed by atoms with Crippen molar-refractivity contribution in [3.8, 4) is 6.07 Å². The maximum Gasteiger partial charge on any atom is 0.239 e. The Morgan fingerprint density at radius 2 is 1.85 bits per heavy atom. The molecule has 3 rings (SSSR count). The summed E-state index contributed by atoms with van der Waals surface area (Å²) in [6.07, 6.45) is 4.91. The van der Waals surface area contributed by atoms with Crippen molar-refractivity contribution < 1.29 is 9.53 Å². The normalized spacial score (nSPS) is 24.6. The highest BCUT2D eigenvalue weighted by molar-refractivity contribution is 5.93. The van der Waals surface area contributed by atoms with Crippen molar-refractivity contribution in [3.05, 3.63) is 16.8 Å². The van der Waals surface area contributed by atoms with Gasteiger partial charge in [0.05, 0.1) is 24.3 Å². The summed E-state index contributed by atoms with van der Waals surface area (Å²) in [5.74, 6) is 0.633. The Kier molecular flexibility index (Phi) is 5.69. The molecule has 2 atom stereocenters. The molecule has 1 N–H and O–H groups in total. The Morgan fingerprint density at radius 3 is 2.42 bits per heavy atom. The minimum atomic E-state index is -0.0560. The summed E-state index contributed by atoms with van der Waals surface area (Å²) in [6, 6.07) is 2.69. The van der Waals surface area contributed by atoms with Gasteiger partial charge in [-0.15, -0.1) is 0 Å². The maximum absolute atomic E-state index is 12.7. The van der Waals surface area contributed by atoms with E-state index in [1.807, 2.05) is 20.8 Å². The molecule has 2 fully saturated rings. The Hall–Kier alpha value is -1.84. The lowest BCUT2D eigenvalue weighted by atomic mass is 10.2. The number of ether oxygens (including phenoxy) is 1. The quantitative estimate of drug-likeness (QED) is 0.898. The smallest absolute Gasteiger partial charge is 0.239 e. The summed E-state index contributed by atoms with van der Waals surface area (Å²) in [5, 5.41) is 12.7. The summed E-state index contributed by atoms with van der Waals surface area (Å²) in [5.41, 5.74) is 2.67. The Bertz CT molecular complexity index is 702. The number of aromatic nitrogens is 1. The molecule has 0 bridgehead atoms. The van der Waals surface area contributed by atoms with E-state index in [0.717, 1.165) is 37.2 Å². The Balaban J connectivity index is 1.79. The van der Waals surface area contributed by atoms with E-state index in [9.17, 15) is 10.1 Å². The molecular weight excluding hydrogens is 328 g/mol. The van der Waals surface area contributed by atoms with E-state index in [1.54, 1.807) is 0 Å². The topological polar surface area (TPSA) is 70.3 Å². The molecule has 6 nitrogen and oxygen atoms in total. The number of nitriles is 1. The van der Waals surface area contributed by atoms with Crippen molar-refractivity contribution in [2.75, 3.05) is 25.0 Å². The minimum Gasteiger partial charge on any atom is -0.373 e. The van der Waals surface area contributed by atoms with Crippen LogP contribution in [0.25, 0.3) is 0 Å². The fourth-order valence-corrected chi connectivity index (χ4v) is 4.49. The molecule has 142 valence electrons. The highest BCUT2D eigenvalue weighted by atomic mass is 16.5. The number of rotatable bonds is 4. The van der Waals surface area contributed by atoms with Crippen LogP contribution in [-0.4, -0.2) is 47.2 Å². The average Bonchev–Trinajstić information content (AvgIpc) is 3.14. The van der Waals surface area contributed by atoms with Gasteiger partial charge in [-0.25, -0.2) is 0 Å². The van der Waals surface area contributed by atoms with E-state index in [4.69, 9.17) is 4.74 Å². The molecule has 6 heteroatoms. The van der Waals surface area contributed by atoms with Crippen LogP contribution in [0, 0.1) is 25.2 Å². The van der Waals surface area contributed by atoms with E-state index in [2.05, 4.69) is 27.8 Å². The molecule has 0 aromatic carbocycles. The van der Waals surface area contributed by atoms with Gasteiger partial charge in [0.2, 0.25) is 5.91 Å². The molecule has 1 aromatic rings. The van der Waals surface area contributed by atoms with Gasteiger partial charge < -0.3 is 14.6 Å². The fraction of sp³-hybridized carbons (Fsp3) is 0.700. The number of morpholine rings is 1. The number of hydrogen-bond acceptors (Lipinski definition) is 4. The summed E-state index contributed by atoms with van der Waals surface area (Å²) >= 11 is 0. The highest BCUT2D eigenvalue weighted by Crippen LogP contribution is 2.37. The second kappa shape index (κ2) is 7.81. The van der Waals surface area contributed by atoms with Crippen LogP contribution in [0.3, 0.4) is 0 Å². The minimum absolute atomic E-state index is 0.0560. The van der Waals surface area contributed by atoms with Crippen LogP contribution in [0.15, 0.2) is 0 Å². The van der Waals surface area contributed by atoms with Gasteiger partial charge >= 0.3 is 0 Å². The Morgan fingerprint density at radius 1 is 1.23 bits per heavy atom.